The molecule has 39 heavy (non-hydrogen) atoms. The van der Waals surface area contributed by atoms with Crippen LogP contribution in [0.1, 0.15) is 84.8 Å². The quantitative estimate of drug-likeness (QED) is 0.104. The number of halogens is 2. The summed E-state index contributed by atoms with van der Waals surface area (Å²) in [5.41, 5.74) is 1.89. The van der Waals surface area contributed by atoms with Crippen molar-refractivity contribution in [1.82, 2.24) is 4.90 Å². The number of aliphatic imine (C=N–C) groups is 1. The van der Waals surface area contributed by atoms with Gasteiger partial charge < -0.3 is 14.4 Å². The molecule has 212 valence electrons. The first kappa shape index (κ1) is 30.3. The van der Waals surface area contributed by atoms with Crippen molar-refractivity contribution in [3.05, 3.63) is 65.2 Å². The second kappa shape index (κ2) is 12.7. The Hall–Kier alpha value is -3.29. The minimum absolute atomic E-state index is 0.0152. The molecule has 1 aliphatic rings. The van der Waals surface area contributed by atoms with Gasteiger partial charge in [-0.1, -0.05) is 77.6 Å². The highest BCUT2D eigenvalue weighted by Crippen LogP contribution is 2.29. The lowest BCUT2D eigenvalue weighted by Crippen LogP contribution is -2.52. The van der Waals surface area contributed by atoms with Gasteiger partial charge in [0.25, 0.3) is 5.79 Å². The van der Waals surface area contributed by atoms with Crippen LogP contribution >= 0.6 is 0 Å². The minimum atomic E-state index is -1.51. The molecule has 0 aromatic heterocycles. The van der Waals surface area contributed by atoms with E-state index in [-0.39, 0.29) is 16.9 Å². The number of cyclic esters (lactones) is 2. The maximum Gasteiger partial charge on any atom is 0.331 e. The summed E-state index contributed by atoms with van der Waals surface area (Å²) in [5, 5.41) is 0. The number of carbonyl (C=O) groups excluding carboxylic acids is 2. The molecule has 0 saturated carbocycles. The second-order valence-electron chi connectivity index (χ2n) is 11.5. The normalized spacial score (nSPS) is 16.2. The van der Waals surface area contributed by atoms with Crippen molar-refractivity contribution in [1.29, 1.82) is 0 Å². The molecule has 6 nitrogen and oxygen atoms in total. The van der Waals surface area contributed by atoms with E-state index in [0.29, 0.717) is 13.1 Å². The summed E-state index contributed by atoms with van der Waals surface area (Å²) in [5.74, 6) is -6.22. The zero-order valence-electron chi connectivity index (χ0n) is 23.9. The number of unbranched alkanes of at least 4 members (excludes halogenated alkanes) is 4. The maximum absolute atomic E-state index is 14.7. The van der Waals surface area contributed by atoms with Crippen molar-refractivity contribution in [2.45, 2.75) is 91.4 Å². The third-order valence-corrected chi connectivity index (χ3v) is 6.62. The van der Waals surface area contributed by atoms with Crippen LogP contribution in [-0.4, -0.2) is 35.0 Å². The van der Waals surface area contributed by atoms with Crippen molar-refractivity contribution in [3.8, 4) is 0 Å². The fraction of sp³-hybridized carbons (Fsp3) is 0.516. The van der Waals surface area contributed by atoms with Gasteiger partial charge in [-0.05, 0) is 35.1 Å². The zero-order chi connectivity index (χ0) is 28.8. The third-order valence-electron chi connectivity index (χ3n) is 6.62. The van der Waals surface area contributed by atoms with Crippen LogP contribution in [0.15, 0.2) is 47.5 Å². The van der Waals surface area contributed by atoms with Gasteiger partial charge in [-0.3, -0.25) is 9.59 Å². The van der Waals surface area contributed by atoms with Crippen LogP contribution in [0.3, 0.4) is 0 Å². The van der Waals surface area contributed by atoms with Crippen LogP contribution in [0.5, 0.6) is 0 Å². The molecular weight excluding hydrogens is 502 g/mol. The van der Waals surface area contributed by atoms with E-state index in [4.69, 9.17) is 9.47 Å². The fourth-order valence-electron chi connectivity index (χ4n) is 4.45. The van der Waals surface area contributed by atoms with Crippen molar-refractivity contribution in [3.63, 3.8) is 0 Å². The van der Waals surface area contributed by atoms with Gasteiger partial charge in [0.15, 0.2) is 5.82 Å². The predicted octanol–water partition coefficient (Wildman–Crippen LogP) is 7.22. The van der Waals surface area contributed by atoms with Gasteiger partial charge in [0.05, 0.1) is 0 Å². The number of carbonyl (C=O) groups is 2. The summed E-state index contributed by atoms with van der Waals surface area (Å²) in [6, 6.07) is 11.1. The van der Waals surface area contributed by atoms with Gasteiger partial charge in [-0.15, -0.1) is 0 Å². The Morgan fingerprint density at radius 2 is 1.56 bits per heavy atom. The van der Waals surface area contributed by atoms with Crippen LogP contribution < -0.4 is 0 Å². The number of rotatable bonds is 10. The monoisotopic (exact) mass is 542 g/mol. The van der Waals surface area contributed by atoms with E-state index >= 15 is 0 Å². The van der Waals surface area contributed by atoms with E-state index in [0.717, 1.165) is 49.8 Å². The molecule has 2 aromatic carbocycles. The SMILES string of the molecule is CCCCCCCN(Cc1ccc(C(C)(C)C)cc1)C(=Nc1ccc(F)cc1F)C1C(=O)OC(C)(C)OC1=O. The van der Waals surface area contributed by atoms with Crippen molar-refractivity contribution in [2.24, 2.45) is 10.9 Å². The smallest absolute Gasteiger partial charge is 0.331 e. The Bertz CT molecular complexity index is 1170. The number of benzene rings is 2. The second-order valence-corrected chi connectivity index (χ2v) is 11.5. The van der Waals surface area contributed by atoms with Crippen LogP contribution in [0, 0.1) is 17.6 Å². The van der Waals surface area contributed by atoms with Crippen LogP contribution in [0.2, 0.25) is 0 Å². The molecule has 2 aromatic rings. The van der Waals surface area contributed by atoms with E-state index in [2.05, 4.69) is 44.8 Å². The predicted molar refractivity (Wildman–Crippen MR) is 148 cm³/mol. The Balaban J connectivity index is 2.05. The van der Waals surface area contributed by atoms with Crippen LogP contribution in [0.4, 0.5) is 14.5 Å². The Morgan fingerprint density at radius 3 is 2.13 bits per heavy atom. The van der Waals surface area contributed by atoms with Gasteiger partial charge in [-0.25, -0.2) is 13.8 Å². The van der Waals surface area contributed by atoms with Gasteiger partial charge in [0.2, 0.25) is 5.92 Å². The number of amidine groups is 1. The summed E-state index contributed by atoms with van der Waals surface area (Å²) in [6.45, 7) is 12.3. The molecule has 1 fully saturated rings. The number of esters is 2. The lowest BCUT2D eigenvalue weighted by atomic mass is 9.86. The number of ether oxygens (including phenoxy) is 2. The summed E-state index contributed by atoms with van der Waals surface area (Å²) in [4.78, 5) is 32.5. The highest BCUT2D eigenvalue weighted by Gasteiger charge is 2.47. The summed E-state index contributed by atoms with van der Waals surface area (Å²) >= 11 is 0. The Morgan fingerprint density at radius 1 is 0.949 bits per heavy atom. The molecule has 1 saturated heterocycles. The average Bonchev–Trinajstić information content (AvgIpc) is 2.82. The number of nitrogens with zero attached hydrogens (tertiary/aromatic N) is 2. The number of hydrogen-bond acceptors (Lipinski definition) is 5. The third kappa shape index (κ3) is 8.35. The van der Waals surface area contributed by atoms with Crippen molar-refractivity contribution in [2.75, 3.05) is 6.54 Å². The first-order valence-corrected chi connectivity index (χ1v) is 13.6. The molecule has 0 bridgehead atoms. The molecule has 1 aliphatic heterocycles. The van der Waals surface area contributed by atoms with E-state index in [1.54, 1.807) is 0 Å². The van der Waals surface area contributed by atoms with Gasteiger partial charge >= 0.3 is 11.9 Å². The van der Waals surface area contributed by atoms with E-state index in [1.165, 1.54) is 25.5 Å². The summed E-state index contributed by atoms with van der Waals surface area (Å²) in [7, 11) is 0. The first-order chi connectivity index (χ1) is 18.3. The first-order valence-electron chi connectivity index (χ1n) is 13.6. The molecule has 0 aliphatic carbocycles. The van der Waals surface area contributed by atoms with E-state index in [1.807, 2.05) is 17.0 Å². The highest BCUT2D eigenvalue weighted by atomic mass is 19.1. The van der Waals surface area contributed by atoms with Gasteiger partial charge in [-0.2, -0.15) is 0 Å². The molecule has 0 N–H and O–H groups in total. The molecule has 3 rings (SSSR count). The van der Waals surface area contributed by atoms with Crippen LogP contribution in [0.25, 0.3) is 0 Å². The van der Waals surface area contributed by atoms with E-state index in [9.17, 15) is 18.4 Å². The van der Waals surface area contributed by atoms with Gasteiger partial charge in [0, 0.05) is 33.0 Å². The Kier molecular flexibility index (Phi) is 9.86. The largest absolute Gasteiger partial charge is 0.422 e. The standard InChI is InChI=1S/C31H40F2N2O4/c1-7-8-9-10-11-18-35(20-21-12-14-22(15-13-21)30(2,3)4)27(34-25-17-16-23(32)19-24(25)33)26-28(36)38-31(5,6)39-29(26)37/h12-17,19,26H,7-11,18,20H2,1-6H3. The molecule has 0 spiro atoms. The average molecular weight is 543 g/mol. The lowest BCUT2D eigenvalue weighted by molar-refractivity contribution is -0.236. The molecule has 8 heteroatoms. The fourth-order valence-corrected chi connectivity index (χ4v) is 4.45. The topological polar surface area (TPSA) is 68.2 Å². The van der Waals surface area contributed by atoms with Crippen molar-refractivity contribution >= 4 is 23.5 Å². The molecular formula is C31H40F2N2O4. The van der Waals surface area contributed by atoms with Crippen LogP contribution in [-0.2, 0) is 31.0 Å². The zero-order valence-corrected chi connectivity index (χ0v) is 23.9. The highest BCUT2D eigenvalue weighted by molar-refractivity contribution is 6.17. The maximum atomic E-state index is 14.7. The van der Waals surface area contributed by atoms with E-state index < -0.39 is 35.3 Å². The molecule has 1 heterocycles. The van der Waals surface area contributed by atoms with Crippen molar-refractivity contribution < 1.29 is 27.8 Å². The lowest BCUT2D eigenvalue weighted by Gasteiger charge is -2.36. The summed E-state index contributed by atoms with van der Waals surface area (Å²) < 4.78 is 39.2. The number of hydrogen-bond donors (Lipinski definition) is 0. The molecule has 0 atom stereocenters. The van der Waals surface area contributed by atoms with Gasteiger partial charge in [0.1, 0.15) is 17.3 Å². The molecule has 0 unspecified atom stereocenters. The minimum Gasteiger partial charge on any atom is -0.422 e. The summed E-state index contributed by atoms with van der Waals surface area (Å²) in [6.07, 6.45) is 4.96. The molecule has 0 amide bonds. The molecule has 0 radical (unpaired) electrons. The Labute approximate surface area is 230 Å².